The summed E-state index contributed by atoms with van der Waals surface area (Å²) in [6, 6.07) is 17.9. The van der Waals surface area contributed by atoms with Crippen LogP contribution in [0, 0.1) is 0 Å². The molecular weight excluding hydrogens is 302 g/mol. The molecule has 3 aromatic rings. The molecule has 0 bridgehead atoms. The average Bonchev–Trinajstić information content (AvgIpc) is 2.60. The SMILES string of the molecule is O=C(O)CCCc1ccc(OCc2ccc3cccnc3c2)cc1. The summed E-state index contributed by atoms with van der Waals surface area (Å²) in [7, 11) is 0. The van der Waals surface area contributed by atoms with E-state index in [4.69, 9.17) is 9.84 Å². The molecule has 3 rings (SSSR count). The standard InChI is InChI=1S/C20H19NO3/c22-20(23)5-1-3-15-7-10-18(11-8-15)24-14-16-6-9-17-4-2-12-21-19(17)13-16/h2,4,6-13H,1,3,5,14H2,(H,22,23). The van der Waals surface area contributed by atoms with E-state index in [0.717, 1.165) is 34.2 Å². The van der Waals surface area contributed by atoms with Crippen molar-refractivity contribution in [2.45, 2.75) is 25.9 Å². The lowest BCUT2D eigenvalue weighted by molar-refractivity contribution is -0.137. The molecule has 0 aliphatic carbocycles. The first-order valence-electron chi connectivity index (χ1n) is 7.98. The molecule has 4 nitrogen and oxygen atoms in total. The Morgan fingerprint density at radius 3 is 2.62 bits per heavy atom. The van der Waals surface area contributed by atoms with Crippen LogP contribution in [0.25, 0.3) is 10.9 Å². The van der Waals surface area contributed by atoms with Crippen molar-refractivity contribution in [1.82, 2.24) is 4.98 Å². The predicted molar refractivity (Wildman–Crippen MR) is 93.1 cm³/mol. The Kier molecular flexibility index (Phi) is 5.06. The molecule has 122 valence electrons. The van der Waals surface area contributed by atoms with Crippen LogP contribution in [0.4, 0.5) is 0 Å². The van der Waals surface area contributed by atoms with Crippen molar-refractivity contribution in [3.63, 3.8) is 0 Å². The molecule has 1 heterocycles. The van der Waals surface area contributed by atoms with Crippen molar-refractivity contribution >= 4 is 16.9 Å². The van der Waals surface area contributed by atoms with Gasteiger partial charge in [-0.2, -0.15) is 0 Å². The largest absolute Gasteiger partial charge is 0.489 e. The number of ether oxygens (including phenoxy) is 1. The first-order valence-corrected chi connectivity index (χ1v) is 7.98. The molecule has 0 aliphatic heterocycles. The normalized spacial score (nSPS) is 10.7. The quantitative estimate of drug-likeness (QED) is 0.708. The number of carboxylic acid groups (broad SMARTS) is 1. The number of aromatic nitrogens is 1. The second-order valence-corrected chi connectivity index (χ2v) is 5.71. The lowest BCUT2D eigenvalue weighted by Gasteiger charge is -2.08. The van der Waals surface area contributed by atoms with Crippen molar-refractivity contribution in [3.05, 3.63) is 71.9 Å². The summed E-state index contributed by atoms with van der Waals surface area (Å²) in [5.41, 5.74) is 3.16. The second kappa shape index (κ2) is 7.59. The number of pyridine rings is 1. The molecule has 4 heteroatoms. The highest BCUT2D eigenvalue weighted by Crippen LogP contribution is 2.18. The summed E-state index contributed by atoms with van der Waals surface area (Å²) in [6.07, 6.45) is 3.41. The average molecular weight is 321 g/mol. The molecule has 2 aromatic carbocycles. The summed E-state index contributed by atoms with van der Waals surface area (Å²) in [5, 5.41) is 9.77. The number of hydrogen-bond donors (Lipinski definition) is 1. The lowest BCUT2D eigenvalue weighted by atomic mass is 10.1. The number of fused-ring (bicyclic) bond motifs is 1. The van der Waals surface area contributed by atoms with E-state index in [0.29, 0.717) is 13.0 Å². The molecule has 0 aliphatic rings. The van der Waals surface area contributed by atoms with Gasteiger partial charge < -0.3 is 9.84 Å². The molecule has 0 spiro atoms. The van der Waals surface area contributed by atoms with Gasteiger partial charge in [0.2, 0.25) is 0 Å². The van der Waals surface area contributed by atoms with Gasteiger partial charge in [-0.15, -0.1) is 0 Å². The van der Waals surface area contributed by atoms with Crippen LogP contribution >= 0.6 is 0 Å². The molecule has 0 saturated heterocycles. The molecule has 1 N–H and O–H groups in total. The fourth-order valence-electron chi connectivity index (χ4n) is 2.56. The van der Waals surface area contributed by atoms with Gasteiger partial charge >= 0.3 is 5.97 Å². The highest BCUT2D eigenvalue weighted by molar-refractivity contribution is 5.78. The maximum Gasteiger partial charge on any atom is 0.303 e. The molecule has 24 heavy (non-hydrogen) atoms. The predicted octanol–water partition coefficient (Wildman–Crippen LogP) is 4.22. The van der Waals surface area contributed by atoms with E-state index >= 15 is 0 Å². The third kappa shape index (κ3) is 4.32. The van der Waals surface area contributed by atoms with Crippen LogP contribution in [0.5, 0.6) is 5.75 Å². The minimum Gasteiger partial charge on any atom is -0.489 e. The Morgan fingerprint density at radius 1 is 1.04 bits per heavy atom. The van der Waals surface area contributed by atoms with Gasteiger partial charge in [0.05, 0.1) is 5.52 Å². The number of hydrogen-bond acceptors (Lipinski definition) is 3. The molecule has 0 radical (unpaired) electrons. The Balaban J connectivity index is 1.56. The zero-order chi connectivity index (χ0) is 16.8. The molecule has 1 aromatic heterocycles. The Hall–Kier alpha value is -2.88. The maximum absolute atomic E-state index is 10.5. The Bertz CT molecular complexity index is 828. The molecule has 0 amide bonds. The first kappa shape index (κ1) is 16.0. The first-order chi connectivity index (χ1) is 11.7. The van der Waals surface area contributed by atoms with Crippen molar-refractivity contribution in [2.75, 3.05) is 0 Å². The van der Waals surface area contributed by atoms with Crippen LogP contribution in [-0.4, -0.2) is 16.1 Å². The Labute approximate surface area is 140 Å². The molecule has 0 saturated carbocycles. The zero-order valence-electron chi connectivity index (χ0n) is 13.3. The van der Waals surface area contributed by atoms with Gasteiger partial charge in [-0.25, -0.2) is 0 Å². The van der Waals surface area contributed by atoms with Crippen molar-refractivity contribution in [1.29, 1.82) is 0 Å². The summed E-state index contributed by atoms with van der Waals surface area (Å²) in [5.74, 6) is 0.0536. The maximum atomic E-state index is 10.5. The number of rotatable bonds is 7. The third-order valence-electron chi connectivity index (χ3n) is 3.86. The monoisotopic (exact) mass is 321 g/mol. The van der Waals surface area contributed by atoms with Crippen LogP contribution in [0.1, 0.15) is 24.0 Å². The van der Waals surface area contributed by atoms with Crippen LogP contribution in [0.2, 0.25) is 0 Å². The lowest BCUT2D eigenvalue weighted by Crippen LogP contribution is -1.97. The fourth-order valence-corrected chi connectivity index (χ4v) is 2.56. The van der Waals surface area contributed by atoms with E-state index in [1.54, 1.807) is 6.20 Å². The van der Waals surface area contributed by atoms with Gasteiger partial charge in [-0.1, -0.05) is 30.3 Å². The highest BCUT2D eigenvalue weighted by Gasteiger charge is 2.01. The Morgan fingerprint density at radius 2 is 1.83 bits per heavy atom. The van der Waals surface area contributed by atoms with E-state index in [9.17, 15) is 4.79 Å². The number of nitrogens with zero attached hydrogens (tertiary/aromatic N) is 1. The van der Waals surface area contributed by atoms with Crippen LogP contribution < -0.4 is 4.74 Å². The van der Waals surface area contributed by atoms with Gasteiger partial charge in [0.25, 0.3) is 0 Å². The number of benzene rings is 2. The minimum absolute atomic E-state index is 0.203. The van der Waals surface area contributed by atoms with Crippen LogP contribution in [-0.2, 0) is 17.8 Å². The third-order valence-corrected chi connectivity index (χ3v) is 3.86. The van der Waals surface area contributed by atoms with Gasteiger partial charge in [0.1, 0.15) is 12.4 Å². The van der Waals surface area contributed by atoms with Gasteiger partial charge in [0, 0.05) is 18.0 Å². The summed E-state index contributed by atoms with van der Waals surface area (Å²) < 4.78 is 5.82. The number of aliphatic carboxylic acids is 1. The zero-order valence-corrected chi connectivity index (χ0v) is 13.3. The fraction of sp³-hybridized carbons (Fsp3) is 0.200. The van der Waals surface area contributed by atoms with E-state index in [2.05, 4.69) is 4.98 Å². The van der Waals surface area contributed by atoms with Crippen molar-refractivity contribution < 1.29 is 14.6 Å². The summed E-state index contributed by atoms with van der Waals surface area (Å²) in [4.78, 5) is 14.9. The van der Waals surface area contributed by atoms with E-state index < -0.39 is 5.97 Å². The van der Waals surface area contributed by atoms with Crippen LogP contribution in [0.3, 0.4) is 0 Å². The second-order valence-electron chi connectivity index (χ2n) is 5.71. The van der Waals surface area contributed by atoms with Crippen molar-refractivity contribution in [2.24, 2.45) is 0 Å². The van der Waals surface area contributed by atoms with E-state index in [1.165, 1.54) is 0 Å². The van der Waals surface area contributed by atoms with E-state index in [-0.39, 0.29) is 6.42 Å². The molecule has 0 fully saturated rings. The molecule has 0 unspecified atom stereocenters. The van der Waals surface area contributed by atoms with Crippen molar-refractivity contribution in [3.8, 4) is 5.75 Å². The van der Waals surface area contributed by atoms with Gasteiger partial charge in [-0.05, 0) is 48.2 Å². The summed E-state index contributed by atoms with van der Waals surface area (Å²) in [6.45, 7) is 0.491. The van der Waals surface area contributed by atoms with Gasteiger partial charge in [-0.3, -0.25) is 9.78 Å². The van der Waals surface area contributed by atoms with E-state index in [1.807, 2.05) is 54.6 Å². The minimum atomic E-state index is -0.750. The highest BCUT2D eigenvalue weighted by atomic mass is 16.5. The number of carbonyl (C=O) groups is 1. The molecular formula is C20H19NO3. The molecule has 0 atom stereocenters. The summed E-state index contributed by atoms with van der Waals surface area (Å²) >= 11 is 0. The number of aryl methyl sites for hydroxylation is 1. The topological polar surface area (TPSA) is 59.4 Å². The smallest absolute Gasteiger partial charge is 0.303 e. The van der Waals surface area contributed by atoms with Crippen LogP contribution in [0.15, 0.2) is 60.8 Å². The number of carboxylic acids is 1. The van der Waals surface area contributed by atoms with Gasteiger partial charge in [0.15, 0.2) is 0 Å².